The van der Waals surface area contributed by atoms with Gasteiger partial charge in [0.2, 0.25) is 0 Å². The van der Waals surface area contributed by atoms with Gasteiger partial charge in [0, 0.05) is 12.1 Å². The minimum Gasteiger partial charge on any atom is -0.351 e. The second-order valence-corrected chi connectivity index (χ2v) is 5.15. The van der Waals surface area contributed by atoms with Gasteiger partial charge in [-0.25, -0.2) is 0 Å². The summed E-state index contributed by atoms with van der Waals surface area (Å²) in [6.07, 6.45) is 2.17. The molecule has 1 saturated heterocycles. The van der Waals surface area contributed by atoms with E-state index in [0.717, 1.165) is 25.9 Å². The molecule has 0 spiro atoms. The largest absolute Gasteiger partial charge is 0.351 e. The Morgan fingerprint density at radius 1 is 1.55 bits per heavy atom. The molecule has 0 aromatic heterocycles. The van der Waals surface area contributed by atoms with Gasteiger partial charge >= 0.3 is 0 Å². The minimum absolute atomic E-state index is 0.105. The number of nitrogens with zero attached hydrogens (tertiary/aromatic N) is 1. The van der Waals surface area contributed by atoms with Gasteiger partial charge in [0.15, 0.2) is 0 Å². The molecule has 1 aliphatic rings. The fraction of sp³-hybridized carbons (Fsp3) is 0.500. The molecule has 108 valence electrons. The third-order valence-corrected chi connectivity index (χ3v) is 3.62. The van der Waals surface area contributed by atoms with Crippen LogP contribution < -0.4 is 10.6 Å². The van der Waals surface area contributed by atoms with Crippen LogP contribution in [0.1, 0.15) is 28.8 Å². The summed E-state index contributed by atoms with van der Waals surface area (Å²) < 4.78 is 0. The first kappa shape index (κ1) is 14.5. The van der Waals surface area contributed by atoms with Crippen LogP contribution in [0.15, 0.2) is 18.2 Å². The zero-order valence-electron chi connectivity index (χ0n) is 11.5. The summed E-state index contributed by atoms with van der Waals surface area (Å²) in [5.41, 5.74) is 0.535. The number of carbonyl (C=O) groups excluding carboxylic acids is 1. The number of amides is 1. The van der Waals surface area contributed by atoms with Gasteiger partial charge in [0.25, 0.3) is 11.6 Å². The molecule has 1 aliphatic heterocycles. The molecule has 2 N–H and O–H groups in total. The van der Waals surface area contributed by atoms with Crippen molar-refractivity contribution in [3.63, 3.8) is 0 Å². The summed E-state index contributed by atoms with van der Waals surface area (Å²) in [7, 11) is 0. The SMILES string of the molecule is Cc1cccc(C(=O)NCC2CCCNC2)c1[N+](=O)[O-]. The lowest BCUT2D eigenvalue weighted by molar-refractivity contribution is -0.385. The number of nitro groups is 1. The molecular formula is C14H19N3O3. The van der Waals surface area contributed by atoms with Gasteiger partial charge in [-0.1, -0.05) is 12.1 Å². The number of carbonyl (C=O) groups is 1. The summed E-state index contributed by atoms with van der Waals surface area (Å²) in [6, 6.07) is 4.80. The molecule has 1 atom stereocenters. The van der Waals surface area contributed by atoms with Gasteiger partial charge in [0.05, 0.1) is 4.92 Å². The van der Waals surface area contributed by atoms with Gasteiger partial charge in [-0.15, -0.1) is 0 Å². The minimum atomic E-state index is -0.494. The number of para-hydroxylation sites is 1. The maximum Gasteiger partial charge on any atom is 0.285 e. The molecule has 0 bridgehead atoms. The van der Waals surface area contributed by atoms with Crippen LogP contribution in [0, 0.1) is 23.0 Å². The van der Waals surface area contributed by atoms with E-state index in [1.54, 1.807) is 19.1 Å². The third kappa shape index (κ3) is 3.33. The molecule has 0 radical (unpaired) electrons. The Morgan fingerprint density at radius 3 is 3.00 bits per heavy atom. The Balaban J connectivity index is 2.05. The molecule has 0 saturated carbocycles. The zero-order chi connectivity index (χ0) is 14.5. The number of benzene rings is 1. The van der Waals surface area contributed by atoms with Gasteiger partial charge in [-0.2, -0.15) is 0 Å². The van der Waals surface area contributed by atoms with E-state index in [4.69, 9.17) is 0 Å². The van der Waals surface area contributed by atoms with Crippen LogP contribution in [0.2, 0.25) is 0 Å². The monoisotopic (exact) mass is 277 g/mol. The van der Waals surface area contributed by atoms with E-state index < -0.39 is 4.92 Å². The van der Waals surface area contributed by atoms with Crippen molar-refractivity contribution in [3.05, 3.63) is 39.4 Å². The molecule has 1 heterocycles. The standard InChI is InChI=1S/C14H19N3O3/c1-10-4-2-6-12(13(10)17(19)20)14(18)16-9-11-5-3-7-15-8-11/h2,4,6,11,15H,3,5,7-9H2,1H3,(H,16,18). The molecule has 6 nitrogen and oxygen atoms in total. The highest BCUT2D eigenvalue weighted by Crippen LogP contribution is 2.23. The number of aryl methyl sites for hydroxylation is 1. The predicted molar refractivity (Wildman–Crippen MR) is 75.8 cm³/mol. The van der Waals surface area contributed by atoms with Crippen LogP contribution in [0.5, 0.6) is 0 Å². The quantitative estimate of drug-likeness (QED) is 0.647. The van der Waals surface area contributed by atoms with E-state index in [0.29, 0.717) is 18.0 Å². The van der Waals surface area contributed by atoms with Crippen LogP contribution >= 0.6 is 0 Å². The van der Waals surface area contributed by atoms with Gasteiger partial charge in [0.1, 0.15) is 5.56 Å². The number of nitrogens with one attached hydrogen (secondary N) is 2. The second kappa shape index (κ2) is 6.47. The predicted octanol–water partition coefficient (Wildman–Crippen LogP) is 1.63. The molecule has 1 unspecified atom stereocenters. The van der Waals surface area contributed by atoms with Crippen LogP contribution in [-0.2, 0) is 0 Å². The zero-order valence-corrected chi connectivity index (χ0v) is 11.5. The van der Waals surface area contributed by atoms with Crippen LogP contribution in [0.3, 0.4) is 0 Å². The highest BCUT2D eigenvalue weighted by molar-refractivity contribution is 5.98. The number of piperidine rings is 1. The van der Waals surface area contributed by atoms with Crippen molar-refractivity contribution in [3.8, 4) is 0 Å². The molecule has 1 aromatic carbocycles. The molecule has 6 heteroatoms. The average molecular weight is 277 g/mol. The summed E-state index contributed by atoms with van der Waals surface area (Å²) in [5, 5.41) is 17.2. The Kier molecular flexibility index (Phi) is 4.68. The molecule has 2 rings (SSSR count). The third-order valence-electron chi connectivity index (χ3n) is 3.62. The lowest BCUT2D eigenvalue weighted by Gasteiger charge is -2.22. The van der Waals surface area contributed by atoms with E-state index in [1.807, 2.05) is 0 Å². The number of nitro benzene ring substituents is 1. The van der Waals surface area contributed by atoms with Crippen molar-refractivity contribution >= 4 is 11.6 Å². The van der Waals surface area contributed by atoms with Gasteiger partial charge in [-0.05, 0) is 44.8 Å². The Bertz CT molecular complexity index is 510. The smallest absolute Gasteiger partial charge is 0.285 e. The van der Waals surface area contributed by atoms with Crippen LogP contribution in [-0.4, -0.2) is 30.5 Å². The first-order valence-electron chi connectivity index (χ1n) is 6.82. The van der Waals surface area contributed by atoms with Gasteiger partial charge < -0.3 is 10.6 Å². The van der Waals surface area contributed by atoms with Crippen molar-refractivity contribution < 1.29 is 9.72 Å². The maximum absolute atomic E-state index is 12.1. The lowest BCUT2D eigenvalue weighted by atomic mass is 9.99. The summed E-state index contributed by atoms with van der Waals surface area (Å²) in [5.74, 6) is 0.0301. The first-order chi connectivity index (χ1) is 9.59. The van der Waals surface area contributed by atoms with E-state index in [1.165, 1.54) is 6.07 Å². The normalized spacial score (nSPS) is 18.6. The van der Waals surface area contributed by atoms with Crippen LogP contribution in [0.4, 0.5) is 5.69 Å². The highest BCUT2D eigenvalue weighted by atomic mass is 16.6. The van der Waals surface area contributed by atoms with Crippen molar-refractivity contribution in [2.24, 2.45) is 5.92 Å². The first-order valence-corrected chi connectivity index (χ1v) is 6.82. The van der Waals surface area contributed by atoms with Gasteiger partial charge in [-0.3, -0.25) is 14.9 Å². The Morgan fingerprint density at radius 2 is 2.35 bits per heavy atom. The van der Waals surface area contributed by atoms with E-state index in [9.17, 15) is 14.9 Å². The Hall–Kier alpha value is -1.95. The topological polar surface area (TPSA) is 84.3 Å². The molecule has 1 aromatic rings. The number of rotatable bonds is 4. The van der Waals surface area contributed by atoms with Crippen molar-refractivity contribution in [2.45, 2.75) is 19.8 Å². The Labute approximate surface area is 117 Å². The number of hydrogen-bond acceptors (Lipinski definition) is 4. The number of hydrogen-bond donors (Lipinski definition) is 2. The fourth-order valence-corrected chi connectivity index (χ4v) is 2.52. The van der Waals surface area contributed by atoms with Crippen LogP contribution in [0.25, 0.3) is 0 Å². The summed E-state index contributed by atoms with van der Waals surface area (Å²) in [4.78, 5) is 22.7. The van der Waals surface area contributed by atoms with E-state index in [2.05, 4.69) is 10.6 Å². The second-order valence-electron chi connectivity index (χ2n) is 5.15. The fourth-order valence-electron chi connectivity index (χ4n) is 2.52. The molecule has 20 heavy (non-hydrogen) atoms. The van der Waals surface area contributed by atoms with Crippen molar-refractivity contribution in [2.75, 3.05) is 19.6 Å². The van der Waals surface area contributed by atoms with E-state index in [-0.39, 0.29) is 17.2 Å². The molecule has 1 amide bonds. The average Bonchev–Trinajstić information content (AvgIpc) is 2.45. The highest BCUT2D eigenvalue weighted by Gasteiger charge is 2.23. The lowest BCUT2D eigenvalue weighted by Crippen LogP contribution is -2.38. The summed E-state index contributed by atoms with van der Waals surface area (Å²) >= 11 is 0. The molecule has 1 fully saturated rings. The van der Waals surface area contributed by atoms with Crippen molar-refractivity contribution in [1.82, 2.24) is 10.6 Å². The van der Waals surface area contributed by atoms with E-state index >= 15 is 0 Å². The molecular weight excluding hydrogens is 258 g/mol. The maximum atomic E-state index is 12.1. The molecule has 0 aliphatic carbocycles. The summed E-state index contributed by atoms with van der Waals surface area (Å²) in [6.45, 7) is 4.10. The van der Waals surface area contributed by atoms with Crippen molar-refractivity contribution in [1.29, 1.82) is 0 Å².